The van der Waals surface area contributed by atoms with Gasteiger partial charge in [0.15, 0.2) is 4.80 Å². The summed E-state index contributed by atoms with van der Waals surface area (Å²) in [6.45, 7) is 0.893. The summed E-state index contributed by atoms with van der Waals surface area (Å²) < 4.78 is 17.6. The number of nitrogens with one attached hydrogen (secondary N) is 1. The Hall–Kier alpha value is -3.00. The van der Waals surface area contributed by atoms with E-state index in [0.29, 0.717) is 34.1 Å². The maximum Gasteiger partial charge on any atom is 0.341 e. The number of aromatic nitrogens is 1. The maximum absolute atomic E-state index is 12.7. The Morgan fingerprint density at radius 1 is 1.03 bits per heavy atom. The number of carbonyl (C=O) groups excluding carboxylic acids is 4. The monoisotopic (exact) mass is 591 g/mol. The molecule has 1 aromatic carbocycles. The summed E-state index contributed by atoms with van der Waals surface area (Å²) in [7, 11) is 4.25. The smallest absolute Gasteiger partial charge is 0.341 e. The number of hydrogen-bond acceptors (Lipinski definition) is 10. The number of thioether (sulfide) groups is 1. The summed E-state index contributed by atoms with van der Waals surface area (Å²) in [5.74, 6) is -1.55. The van der Waals surface area contributed by atoms with Crippen LogP contribution in [-0.2, 0) is 43.2 Å². The Kier molecular flexibility index (Phi) is 9.94. The topological polar surface area (TPSA) is 125 Å². The number of rotatable bonds is 10. The number of fused-ring (bicyclic) bond motifs is 2. The molecule has 0 saturated carbocycles. The van der Waals surface area contributed by atoms with Crippen molar-refractivity contribution in [3.63, 3.8) is 0 Å². The molecule has 1 N–H and O–H groups in total. The fourth-order valence-electron chi connectivity index (χ4n) is 4.31. The van der Waals surface area contributed by atoms with E-state index in [4.69, 9.17) is 14.2 Å². The summed E-state index contributed by atoms with van der Waals surface area (Å²) in [4.78, 5) is 55.5. The number of methoxy groups -OCH3 is 3. The van der Waals surface area contributed by atoms with Crippen molar-refractivity contribution in [3.05, 3.63) is 44.6 Å². The average molecular weight is 592 g/mol. The molecule has 0 atom stereocenters. The number of hydrogen-bond donors (Lipinski definition) is 1. The van der Waals surface area contributed by atoms with E-state index in [1.807, 2.05) is 4.57 Å². The van der Waals surface area contributed by atoms with Crippen molar-refractivity contribution in [2.75, 3.05) is 44.8 Å². The zero-order chi connectivity index (χ0) is 27.9. The minimum absolute atomic E-state index is 0.00412. The Bertz CT molecular complexity index is 1470. The molecule has 0 aliphatic heterocycles. The molecule has 1 aliphatic carbocycles. The minimum Gasteiger partial charge on any atom is -0.465 e. The van der Waals surface area contributed by atoms with Gasteiger partial charge in [-0.05, 0) is 49.4 Å². The van der Waals surface area contributed by atoms with Gasteiger partial charge >= 0.3 is 11.9 Å². The fraction of sp³-hybridized carbons (Fsp3) is 0.423. The maximum atomic E-state index is 12.7. The number of thiazole rings is 1. The molecule has 0 unspecified atom stereocenters. The number of amides is 2. The molecule has 0 bridgehead atoms. The van der Waals surface area contributed by atoms with Crippen molar-refractivity contribution in [1.82, 2.24) is 4.57 Å². The molecule has 0 saturated heterocycles. The van der Waals surface area contributed by atoms with E-state index < -0.39 is 11.9 Å². The lowest BCUT2D eigenvalue weighted by atomic mass is 9.95. The standard InChI is InChI=1S/C26H29N3O7S3/c1-34-11-10-29-17-9-8-15(24(32)35-2)12-19(17)39-26(29)28-21(31)14-37-13-20(30)27-23-22(25(33)36-3)16-6-4-5-7-18(16)38-23/h8-9,12H,4-7,10-11,13-14H2,1-3H3,(H,27,30). The van der Waals surface area contributed by atoms with Gasteiger partial charge in [0.1, 0.15) is 5.00 Å². The second-order valence-electron chi connectivity index (χ2n) is 8.66. The van der Waals surface area contributed by atoms with Gasteiger partial charge in [-0.1, -0.05) is 11.3 Å². The van der Waals surface area contributed by atoms with Crippen LogP contribution >= 0.6 is 34.4 Å². The van der Waals surface area contributed by atoms with Gasteiger partial charge in [-0.15, -0.1) is 23.1 Å². The SMILES string of the molecule is COCCn1c(=NC(=O)CSCC(=O)Nc2sc3c(c2C(=O)OC)CCCC3)sc2cc(C(=O)OC)ccc21. The molecule has 2 amide bonds. The van der Waals surface area contributed by atoms with Crippen LogP contribution in [0.15, 0.2) is 23.2 Å². The van der Waals surface area contributed by atoms with Gasteiger partial charge < -0.3 is 24.1 Å². The lowest BCUT2D eigenvalue weighted by Gasteiger charge is -2.11. The van der Waals surface area contributed by atoms with Gasteiger partial charge in [-0.2, -0.15) is 4.99 Å². The number of benzene rings is 1. The average Bonchev–Trinajstić information content (AvgIpc) is 3.47. The number of carbonyl (C=O) groups is 4. The van der Waals surface area contributed by atoms with Crippen LogP contribution in [-0.4, -0.2) is 67.8 Å². The molecule has 1 aliphatic rings. The second-order valence-corrected chi connectivity index (χ2v) is 11.8. The van der Waals surface area contributed by atoms with Crippen LogP contribution < -0.4 is 10.1 Å². The first-order valence-electron chi connectivity index (χ1n) is 12.2. The van der Waals surface area contributed by atoms with Crippen molar-refractivity contribution in [2.45, 2.75) is 32.2 Å². The van der Waals surface area contributed by atoms with Gasteiger partial charge in [0, 0.05) is 18.5 Å². The molecular weight excluding hydrogens is 563 g/mol. The first kappa shape index (κ1) is 29.0. The number of ether oxygens (including phenoxy) is 3. The molecular formula is C26H29N3O7S3. The van der Waals surface area contributed by atoms with Gasteiger partial charge in [-0.3, -0.25) is 9.59 Å². The number of anilines is 1. The molecule has 39 heavy (non-hydrogen) atoms. The molecule has 10 nitrogen and oxygen atoms in total. The fourth-order valence-corrected chi connectivity index (χ4v) is 7.31. The number of aryl methyl sites for hydroxylation is 1. The zero-order valence-electron chi connectivity index (χ0n) is 21.9. The van der Waals surface area contributed by atoms with Crippen LogP contribution in [0.25, 0.3) is 10.2 Å². The third-order valence-electron chi connectivity index (χ3n) is 6.12. The number of esters is 2. The first-order valence-corrected chi connectivity index (χ1v) is 15.0. The first-order chi connectivity index (χ1) is 18.9. The second kappa shape index (κ2) is 13.4. The van der Waals surface area contributed by atoms with Gasteiger partial charge in [0.05, 0.1) is 53.7 Å². The minimum atomic E-state index is -0.449. The summed E-state index contributed by atoms with van der Waals surface area (Å²) in [5.41, 5.74) is 2.65. The van der Waals surface area contributed by atoms with Crippen molar-refractivity contribution in [3.8, 4) is 0 Å². The normalized spacial score (nSPS) is 13.3. The molecule has 0 radical (unpaired) electrons. The molecule has 208 valence electrons. The lowest BCUT2D eigenvalue weighted by molar-refractivity contribution is -0.115. The van der Waals surface area contributed by atoms with Gasteiger partial charge in [0.25, 0.3) is 5.91 Å². The van der Waals surface area contributed by atoms with E-state index in [1.54, 1.807) is 25.3 Å². The van der Waals surface area contributed by atoms with Crippen LogP contribution in [0.3, 0.4) is 0 Å². The highest BCUT2D eigenvalue weighted by Crippen LogP contribution is 2.38. The summed E-state index contributed by atoms with van der Waals surface area (Å²) in [6.07, 6.45) is 3.74. The Morgan fingerprint density at radius 2 is 1.79 bits per heavy atom. The highest BCUT2D eigenvalue weighted by Gasteiger charge is 2.27. The third kappa shape index (κ3) is 6.78. The van der Waals surface area contributed by atoms with Crippen molar-refractivity contribution in [1.29, 1.82) is 0 Å². The van der Waals surface area contributed by atoms with Crippen LogP contribution in [0.5, 0.6) is 0 Å². The molecule has 2 aromatic heterocycles. The predicted molar refractivity (Wildman–Crippen MR) is 152 cm³/mol. The number of thiophene rings is 1. The van der Waals surface area contributed by atoms with E-state index in [2.05, 4.69) is 10.3 Å². The molecule has 0 fully saturated rings. The van der Waals surface area contributed by atoms with E-state index in [-0.39, 0.29) is 23.3 Å². The van der Waals surface area contributed by atoms with Crippen molar-refractivity contribution >= 4 is 73.4 Å². The van der Waals surface area contributed by atoms with Gasteiger partial charge in [0.2, 0.25) is 5.91 Å². The summed E-state index contributed by atoms with van der Waals surface area (Å²) in [5, 5.41) is 3.34. The van der Waals surface area contributed by atoms with Crippen LogP contribution in [0, 0.1) is 0 Å². The van der Waals surface area contributed by atoms with E-state index in [0.717, 1.165) is 58.1 Å². The van der Waals surface area contributed by atoms with Crippen LogP contribution in [0.2, 0.25) is 0 Å². The molecule has 0 spiro atoms. The van der Waals surface area contributed by atoms with Crippen LogP contribution in [0.4, 0.5) is 5.00 Å². The van der Waals surface area contributed by atoms with Crippen LogP contribution in [0.1, 0.15) is 44.0 Å². The molecule has 4 rings (SSSR count). The predicted octanol–water partition coefficient (Wildman–Crippen LogP) is 3.66. The summed E-state index contributed by atoms with van der Waals surface area (Å²) >= 11 is 3.85. The third-order valence-corrected chi connectivity index (χ3v) is 9.28. The molecule has 13 heteroatoms. The number of nitrogens with zero attached hydrogens (tertiary/aromatic N) is 2. The Balaban J connectivity index is 1.44. The highest BCUT2D eigenvalue weighted by atomic mass is 32.2. The molecule has 3 aromatic rings. The van der Waals surface area contributed by atoms with E-state index in [1.165, 1.54) is 36.9 Å². The Morgan fingerprint density at radius 3 is 2.54 bits per heavy atom. The Labute approximate surface area is 237 Å². The van der Waals surface area contributed by atoms with E-state index in [9.17, 15) is 19.2 Å². The van der Waals surface area contributed by atoms with Gasteiger partial charge in [-0.25, -0.2) is 9.59 Å². The van der Waals surface area contributed by atoms with Crippen molar-refractivity contribution < 1.29 is 33.4 Å². The van der Waals surface area contributed by atoms with E-state index >= 15 is 0 Å². The lowest BCUT2D eigenvalue weighted by Crippen LogP contribution is -2.20. The van der Waals surface area contributed by atoms with Crippen molar-refractivity contribution in [2.24, 2.45) is 4.99 Å². The highest BCUT2D eigenvalue weighted by molar-refractivity contribution is 8.00. The zero-order valence-corrected chi connectivity index (χ0v) is 24.3. The summed E-state index contributed by atoms with van der Waals surface area (Å²) in [6, 6.07) is 5.17. The largest absolute Gasteiger partial charge is 0.465 e. The quantitative estimate of drug-likeness (QED) is 0.354. The molecule has 2 heterocycles.